The van der Waals surface area contributed by atoms with E-state index in [4.69, 9.17) is 0 Å². The topological polar surface area (TPSA) is 52.7 Å². The molecule has 0 radical (unpaired) electrons. The van der Waals surface area contributed by atoms with Crippen molar-refractivity contribution in [2.75, 3.05) is 30.9 Å². The molecule has 0 unspecified atom stereocenters. The van der Waals surface area contributed by atoms with E-state index < -0.39 is 0 Å². The molecule has 0 aromatic heterocycles. The molecule has 1 N–H and O–H groups in total. The minimum atomic E-state index is 0.0311. The van der Waals surface area contributed by atoms with E-state index in [-0.39, 0.29) is 11.8 Å². The fraction of sp³-hybridized carbons (Fsp3) is 0.517. The van der Waals surface area contributed by atoms with E-state index in [0.29, 0.717) is 31.0 Å². The lowest BCUT2D eigenvalue weighted by Gasteiger charge is -2.28. The Bertz CT molecular complexity index is 937. The Morgan fingerprint density at radius 1 is 0.971 bits per heavy atom. The van der Waals surface area contributed by atoms with Crippen LogP contribution in [0.1, 0.15) is 80.8 Å². The highest BCUT2D eigenvalue weighted by Crippen LogP contribution is 2.26. The Balaban J connectivity index is 2.20. The fourth-order valence-electron chi connectivity index (χ4n) is 4.17. The maximum Gasteiger partial charge on any atom is 0.254 e. The second-order valence-electron chi connectivity index (χ2n) is 9.90. The summed E-state index contributed by atoms with van der Waals surface area (Å²) in [6, 6.07) is 13.7. The summed E-state index contributed by atoms with van der Waals surface area (Å²) in [6.45, 7) is 9.59. The molecule has 2 amide bonds. The monoisotopic (exact) mass is 465 g/mol. The van der Waals surface area contributed by atoms with Gasteiger partial charge in [0.1, 0.15) is 0 Å². The number of nitrogens with zero attached hydrogens (tertiary/aromatic N) is 2. The molecule has 2 aromatic rings. The number of benzene rings is 2. The Morgan fingerprint density at radius 2 is 1.71 bits per heavy atom. The number of amides is 2. The van der Waals surface area contributed by atoms with Crippen molar-refractivity contribution in [3.63, 3.8) is 0 Å². The van der Waals surface area contributed by atoms with Crippen molar-refractivity contribution in [1.82, 2.24) is 4.90 Å². The van der Waals surface area contributed by atoms with Crippen molar-refractivity contribution in [3.8, 4) is 0 Å². The molecule has 34 heavy (non-hydrogen) atoms. The van der Waals surface area contributed by atoms with Gasteiger partial charge in [-0.05, 0) is 55.2 Å². The van der Waals surface area contributed by atoms with Gasteiger partial charge < -0.3 is 15.1 Å². The average molecular weight is 466 g/mol. The summed E-state index contributed by atoms with van der Waals surface area (Å²) in [6.07, 6.45) is 6.17. The smallest absolute Gasteiger partial charge is 0.254 e. The van der Waals surface area contributed by atoms with Crippen LogP contribution in [0.3, 0.4) is 0 Å². The number of hydrogen-bond acceptors (Lipinski definition) is 3. The highest BCUT2D eigenvalue weighted by atomic mass is 16.2. The lowest BCUT2D eigenvalue weighted by atomic mass is 10.1. The van der Waals surface area contributed by atoms with E-state index in [0.717, 1.165) is 35.3 Å². The zero-order valence-electron chi connectivity index (χ0n) is 22.0. The van der Waals surface area contributed by atoms with Crippen LogP contribution in [0.15, 0.2) is 42.5 Å². The maximum absolute atomic E-state index is 13.4. The molecule has 5 heteroatoms. The van der Waals surface area contributed by atoms with Crippen LogP contribution in [0, 0.1) is 12.8 Å². The van der Waals surface area contributed by atoms with Gasteiger partial charge in [-0.1, -0.05) is 64.2 Å². The largest absolute Gasteiger partial charge is 0.377 e. The average Bonchev–Trinajstić information content (AvgIpc) is 2.77. The standard InChI is InChI=1S/C29H43N3O2/c1-7-8-9-10-11-15-28(33)30-26-16-17-27(31(5)6)25(19-26)21-32(20-22(2)3)29(34)24-14-12-13-23(4)18-24/h12-14,16-19,22H,7-11,15,20-21H2,1-6H3,(H,30,33). The number of unbranched alkanes of at least 4 members (excludes halogenated alkanes) is 4. The van der Waals surface area contributed by atoms with Crippen LogP contribution in [0.25, 0.3) is 0 Å². The molecule has 0 aliphatic rings. The molecular weight excluding hydrogens is 422 g/mol. The Morgan fingerprint density at radius 3 is 2.35 bits per heavy atom. The fourth-order valence-corrected chi connectivity index (χ4v) is 4.17. The molecule has 5 nitrogen and oxygen atoms in total. The molecule has 0 aliphatic carbocycles. The first kappa shape index (κ1) is 27.4. The molecule has 0 bridgehead atoms. The van der Waals surface area contributed by atoms with Crippen molar-refractivity contribution < 1.29 is 9.59 Å². The first-order chi connectivity index (χ1) is 16.2. The summed E-state index contributed by atoms with van der Waals surface area (Å²) < 4.78 is 0. The zero-order chi connectivity index (χ0) is 25.1. The van der Waals surface area contributed by atoms with Crippen LogP contribution >= 0.6 is 0 Å². The van der Waals surface area contributed by atoms with Gasteiger partial charge in [-0.3, -0.25) is 9.59 Å². The third-order valence-corrected chi connectivity index (χ3v) is 5.85. The van der Waals surface area contributed by atoms with Gasteiger partial charge in [0.15, 0.2) is 0 Å². The number of rotatable bonds is 13. The maximum atomic E-state index is 13.4. The lowest BCUT2D eigenvalue weighted by Crippen LogP contribution is -2.34. The number of carbonyl (C=O) groups excluding carboxylic acids is 2. The van der Waals surface area contributed by atoms with Crippen molar-refractivity contribution in [2.24, 2.45) is 5.92 Å². The second-order valence-corrected chi connectivity index (χ2v) is 9.90. The van der Waals surface area contributed by atoms with Crippen molar-refractivity contribution >= 4 is 23.2 Å². The summed E-state index contributed by atoms with van der Waals surface area (Å²) in [4.78, 5) is 29.9. The summed E-state index contributed by atoms with van der Waals surface area (Å²) >= 11 is 0. The van der Waals surface area contributed by atoms with E-state index in [1.165, 1.54) is 19.3 Å². The summed E-state index contributed by atoms with van der Waals surface area (Å²) in [7, 11) is 4.01. The lowest BCUT2D eigenvalue weighted by molar-refractivity contribution is -0.116. The molecule has 0 fully saturated rings. The van der Waals surface area contributed by atoms with Crippen LogP contribution < -0.4 is 10.2 Å². The number of hydrogen-bond donors (Lipinski definition) is 1. The molecule has 0 heterocycles. The van der Waals surface area contributed by atoms with E-state index in [2.05, 4.69) is 31.0 Å². The molecule has 2 aromatic carbocycles. The number of aryl methyl sites for hydroxylation is 1. The third-order valence-electron chi connectivity index (χ3n) is 5.85. The van der Waals surface area contributed by atoms with E-state index in [9.17, 15) is 9.59 Å². The predicted octanol–water partition coefficient (Wildman–Crippen LogP) is 6.66. The van der Waals surface area contributed by atoms with Crippen LogP contribution in [-0.2, 0) is 11.3 Å². The van der Waals surface area contributed by atoms with Crippen LogP contribution in [0.5, 0.6) is 0 Å². The number of nitrogens with one attached hydrogen (secondary N) is 1. The number of carbonyl (C=O) groups is 2. The summed E-state index contributed by atoms with van der Waals surface area (Å²) in [5.41, 5.74) is 4.63. The predicted molar refractivity (Wildman–Crippen MR) is 144 cm³/mol. The molecule has 0 saturated carbocycles. The minimum Gasteiger partial charge on any atom is -0.377 e. The number of anilines is 2. The summed E-state index contributed by atoms with van der Waals surface area (Å²) in [5.74, 6) is 0.422. The Kier molecular flexibility index (Phi) is 11.1. The highest BCUT2D eigenvalue weighted by molar-refractivity contribution is 5.94. The van der Waals surface area contributed by atoms with Crippen molar-refractivity contribution in [1.29, 1.82) is 0 Å². The van der Waals surface area contributed by atoms with E-state index in [1.54, 1.807) is 0 Å². The van der Waals surface area contributed by atoms with Gasteiger partial charge >= 0.3 is 0 Å². The van der Waals surface area contributed by atoms with Crippen LogP contribution in [-0.4, -0.2) is 37.4 Å². The molecular formula is C29H43N3O2. The quantitative estimate of drug-likeness (QED) is 0.337. The first-order valence-electron chi connectivity index (χ1n) is 12.7. The summed E-state index contributed by atoms with van der Waals surface area (Å²) in [5, 5.41) is 3.06. The Hall–Kier alpha value is -2.82. The Labute approximate surface area is 206 Å². The SMILES string of the molecule is CCCCCCCC(=O)Nc1ccc(N(C)C)c(CN(CC(C)C)C(=O)c2cccc(C)c2)c1. The van der Waals surface area contributed by atoms with Gasteiger partial charge in [0, 0.05) is 50.5 Å². The van der Waals surface area contributed by atoms with E-state index >= 15 is 0 Å². The minimum absolute atomic E-state index is 0.0311. The van der Waals surface area contributed by atoms with Gasteiger partial charge in [-0.15, -0.1) is 0 Å². The third kappa shape index (κ3) is 8.85. The normalized spacial score (nSPS) is 10.9. The molecule has 186 valence electrons. The van der Waals surface area contributed by atoms with Gasteiger partial charge in [0.25, 0.3) is 5.91 Å². The van der Waals surface area contributed by atoms with Crippen molar-refractivity contribution in [3.05, 3.63) is 59.2 Å². The zero-order valence-corrected chi connectivity index (χ0v) is 22.0. The van der Waals surface area contributed by atoms with Crippen LogP contribution in [0.2, 0.25) is 0 Å². The van der Waals surface area contributed by atoms with E-state index in [1.807, 2.05) is 68.4 Å². The highest BCUT2D eigenvalue weighted by Gasteiger charge is 2.20. The molecule has 0 saturated heterocycles. The van der Waals surface area contributed by atoms with Gasteiger partial charge in [0.2, 0.25) is 5.91 Å². The molecule has 2 rings (SSSR count). The van der Waals surface area contributed by atoms with Crippen LogP contribution in [0.4, 0.5) is 11.4 Å². The molecule has 0 aliphatic heterocycles. The van der Waals surface area contributed by atoms with Crippen molar-refractivity contribution in [2.45, 2.75) is 72.8 Å². The van der Waals surface area contributed by atoms with Gasteiger partial charge in [0.05, 0.1) is 0 Å². The van der Waals surface area contributed by atoms with Gasteiger partial charge in [-0.25, -0.2) is 0 Å². The first-order valence-corrected chi connectivity index (χ1v) is 12.7. The second kappa shape index (κ2) is 13.8. The van der Waals surface area contributed by atoms with Gasteiger partial charge in [-0.2, -0.15) is 0 Å². The molecule has 0 atom stereocenters. The molecule has 0 spiro atoms.